The third kappa shape index (κ3) is 1.09. The zero-order valence-corrected chi connectivity index (χ0v) is 8.41. The minimum atomic E-state index is 0.574. The number of benzene rings is 1. The van der Waals surface area contributed by atoms with E-state index in [2.05, 4.69) is 22.1 Å². The zero-order valence-electron chi connectivity index (χ0n) is 8.41. The molecule has 0 radical (unpaired) electrons. The maximum absolute atomic E-state index is 5.75. The Morgan fingerprint density at radius 2 is 2.00 bits per heavy atom. The van der Waals surface area contributed by atoms with Gasteiger partial charge in [-0.05, 0) is 19.1 Å². The first-order valence-corrected chi connectivity index (χ1v) is 4.89. The molecule has 0 fully saturated rings. The lowest BCUT2D eigenvalue weighted by atomic mass is 10.1. The van der Waals surface area contributed by atoms with Crippen molar-refractivity contribution >= 4 is 27.6 Å². The van der Waals surface area contributed by atoms with Crippen molar-refractivity contribution in [2.45, 2.75) is 6.92 Å². The van der Waals surface area contributed by atoms with Crippen LogP contribution in [0, 0.1) is 6.92 Å². The van der Waals surface area contributed by atoms with Crippen LogP contribution < -0.4 is 5.73 Å². The van der Waals surface area contributed by atoms with Crippen LogP contribution in [0.5, 0.6) is 0 Å². The van der Waals surface area contributed by atoms with Crippen LogP contribution in [0.3, 0.4) is 0 Å². The average molecular weight is 197 g/mol. The smallest absolute Gasteiger partial charge is 0.124 e. The Kier molecular flexibility index (Phi) is 1.51. The summed E-state index contributed by atoms with van der Waals surface area (Å²) in [6, 6.07) is 10.1. The summed E-state index contributed by atoms with van der Waals surface area (Å²) in [6.45, 7) is 1.97. The van der Waals surface area contributed by atoms with E-state index in [1.807, 2.05) is 25.1 Å². The van der Waals surface area contributed by atoms with Crippen molar-refractivity contribution in [3.8, 4) is 0 Å². The summed E-state index contributed by atoms with van der Waals surface area (Å²) in [6.07, 6.45) is 0. The molecule has 0 amide bonds. The summed E-state index contributed by atoms with van der Waals surface area (Å²) >= 11 is 0. The molecule has 3 rings (SSSR count). The van der Waals surface area contributed by atoms with E-state index in [0.29, 0.717) is 5.82 Å². The number of hydrogen-bond acceptors (Lipinski definition) is 2. The molecule has 3 heteroatoms. The summed E-state index contributed by atoms with van der Waals surface area (Å²) < 4.78 is 0. The van der Waals surface area contributed by atoms with Gasteiger partial charge in [-0.3, -0.25) is 0 Å². The summed E-state index contributed by atoms with van der Waals surface area (Å²) in [5, 5.41) is 2.35. The van der Waals surface area contributed by atoms with Gasteiger partial charge in [-0.15, -0.1) is 0 Å². The number of rotatable bonds is 0. The Hall–Kier alpha value is -2.03. The molecule has 0 aliphatic rings. The highest BCUT2D eigenvalue weighted by molar-refractivity contribution is 6.08. The second kappa shape index (κ2) is 2.73. The first kappa shape index (κ1) is 8.29. The predicted octanol–water partition coefficient (Wildman–Crippen LogP) is 2.61. The van der Waals surface area contributed by atoms with Crippen LogP contribution in [0.15, 0.2) is 30.3 Å². The number of nitrogens with zero attached hydrogens (tertiary/aromatic N) is 1. The molecule has 3 aromatic rings. The summed E-state index contributed by atoms with van der Waals surface area (Å²) in [4.78, 5) is 7.60. The highest BCUT2D eigenvalue weighted by Crippen LogP contribution is 2.27. The van der Waals surface area contributed by atoms with Crippen molar-refractivity contribution in [3.05, 3.63) is 36.0 Å². The van der Waals surface area contributed by atoms with Crippen molar-refractivity contribution in [1.82, 2.24) is 9.97 Å². The number of H-pyrrole nitrogens is 1. The molecule has 0 aliphatic heterocycles. The number of nitrogens with two attached hydrogens (primary N) is 1. The van der Waals surface area contributed by atoms with Gasteiger partial charge in [0.05, 0.1) is 11.2 Å². The third-order valence-electron chi connectivity index (χ3n) is 2.70. The van der Waals surface area contributed by atoms with E-state index in [9.17, 15) is 0 Å². The maximum atomic E-state index is 5.75. The number of pyridine rings is 1. The molecular formula is C12H11N3. The van der Waals surface area contributed by atoms with Gasteiger partial charge in [0.25, 0.3) is 0 Å². The van der Waals surface area contributed by atoms with Gasteiger partial charge < -0.3 is 10.7 Å². The standard InChI is InChI=1S/C12H11N3/c1-7-12-9(6-11(13)14-7)8-4-2-3-5-10(8)15-12/h2-6,15H,1H3,(H2,13,14). The SMILES string of the molecule is Cc1nc(N)cc2c1[nH]c1ccccc12. The minimum absolute atomic E-state index is 0.574. The van der Waals surface area contributed by atoms with Gasteiger partial charge in [0.1, 0.15) is 5.82 Å². The zero-order chi connectivity index (χ0) is 10.4. The highest BCUT2D eigenvalue weighted by Gasteiger charge is 2.06. The molecule has 0 unspecified atom stereocenters. The van der Waals surface area contributed by atoms with Crippen molar-refractivity contribution in [2.24, 2.45) is 0 Å². The Morgan fingerprint density at radius 1 is 1.20 bits per heavy atom. The molecule has 0 atom stereocenters. The number of aryl methyl sites for hydroxylation is 1. The molecule has 15 heavy (non-hydrogen) atoms. The maximum Gasteiger partial charge on any atom is 0.124 e. The predicted molar refractivity (Wildman–Crippen MR) is 62.7 cm³/mol. The molecule has 3 nitrogen and oxygen atoms in total. The van der Waals surface area contributed by atoms with Crippen molar-refractivity contribution < 1.29 is 0 Å². The molecular weight excluding hydrogens is 186 g/mol. The largest absolute Gasteiger partial charge is 0.384 e. The lowest BCUT2D eigenvalue weighted by molar-refractivity contribution is 1.23. The van der Waals surface area contributed by atoms with Crippen LogP contribution in [0.25, 0.3) is 21.8 Å². The van der Waals surface area contributed by atoms with Crippen LogP contribution in [0.4, 0.5) is 5.82 Å². The Morgan fingerprint density at radius 3 is 2.87 bits per heavy atom. The first-order chi connectivity index (χ1) is 7.25. The van der Waals surface area contributed by atoms with E-state index in [-0.39, 0.29) is 0 Å². The molecule has 1 aromatic carbocycles. The van der Waals surface area contributed by atoms with E-state index >= 15 is 0 Å². The van der Waals surface area contributed by atoms with E-state index < -0.39 is 0 Å². The van der Waals surface area contributed by atoms with Gasteiger partial charge in [-0.1, -0.05) is 18.2 Å². The summed E-state index contributed by atoms with van der Waals surface area (Å²) in [5.41, 5.74) is 8.90. The second-order valence-corrected chi connectivity index (χ2v) is 3.73. The molecule has 0 spiro atoms. The van der Waals surface area contributed by atoms with Gasteiger partial charge in [0.15, 0.2) is 0 Å². The van der Waals surface area contributed by atoms with Crippen LogP contribution >= 0.6 is 0 Å². The number of para-hydroxylation sites is 1. The normalized spacial score (nSPS) is 11.3. The number of nitrogens with one attached hydrogen (secondary N) is 1. The van der Waals surface area contributed by atoms with Gasteiger partial charge in [-0.2, -0.15) is 0 Å². The molecule has 2 heterocycles. The minimum Gasteiger partial charge on any atom is -0.384 e. The monoisotopic (exact) mass is 197 g/mol. The molecule has 2 aromatic heterocycles. The van der Waals surface area contributed by atoms with Crippen molar-refractivity contribution in [2.75, 3.05) is 5.73 Å². The third-order valence-corrected chi connectivity index (χ3v) is 2.70. The number of aromatic amines is 1. The first-order valence-electron chi connectivity index (χ1n) is 4.89. The number of fused-ring (bicyclic) bond motifs is 3. The number of anilines is 1. The Balaban J connectivity index is 2.61. The van der Waals surface area contributed by atoms with Gasteiger partial charge >= 0.3 is 0 Å². The Labute approximate surface area is 86.9 Å². The highest BCUT2D eigenvalue weighted by atomic mass is 14.9. The fourth-order valence-electron chi connectivity index (χ4n) is 2.03. The van der Waals surface area contributed by atoms with E-state index in [1.54, 1.807) is 0 Å². The summed E-state index contributed by atoms with van der Waals surface area (Å²) in [7, 11) is 0. The van der Waals surface area contributed by atoms with Crippen LogP contribution in [-0.2, 0) is 0 Å². The molecule has 0 saturated heterocycles. The Bertz CT molecular complexity index is 652. The quantitative estimate of drug-likeness (QED) is 0.582. The fraction of sp³-hybridized carbons (Fsp3) is 0.0833. The molecule has 0 aliphatic carbocycles. The van der Waals surface area contributed by atoms with Crippen LogP contribution in [-0.4, -0.2) is 9.97 Å². The van der Waals surface area contributed by atoms with Crippen molar-refractivity contribution in [3.63, 3.8) is 0 Å². The fourth-order valence-corrected chi connectivity index (χ4v) is 2.03. The summed E-state index contributed by atoms with van der Waals surface area (Å²) in [5.74, 6) is 0.574. The van der Waals surface area contributed by atoms with E-state index in [4.69, 9.17) is 5.73 Å². The topological polar surface area (TPSA) is 54.7 Å². The average Bonchev–Trinajstić information content (AvgIpc) is 2.57. The molecule has 3 N–H and O–H groups in total. The lowest BCUT2D eigenvalue weighted by Crippen LogP contribution is -1.92. The number of aromatic nitrogens is 2. The molecule has 0 saturated carbocycles. The van der Waals surface area contributed by atoms with Gasteiger partial charge in [0, 0.05) is 16.3 Å². The van der Waals surface area contributed by atoms with Gasteiger partial charge in [-0.25, -0.2) is 4.98 Å². The molecule has 74 valence electrons. The van der Waals surface area contributed by atoms with Gasteiger partial charge in [0.2, 0.25) is 0 Å². The number of nitrogen functional groups attached to an aromatic ring is 1. The lowest BCUT2D eigenvalue weighted by Gasteiger charge is -1.97. The number of hydrogen-bond donors (Lipinski definition) is 2. The van der Waals surface area contributed by atoms with Crippen LogP contribution in [0.1, 0.15) is 5.69 Å². The van der Waals surface area contributed by atoms with Crippen LogP contribution in [0.2, 0.25) is 0 Å². The van der Waals surface area contributed by atoms with Crippen molar-refractivity contribution in [1.29, 1.82) is 0 Å². The van der Waals surface area contributed by atoms with E-state index in [1.165, 1.54) is 5.39 Å². The second-order valence-electron chi connectivity index (χ2n) is 3.73. The molecule has 0 bridgehead atoms. The van der Waals surface area contributed by atoms with E-state index in [0.717, 1.165) is 22.1 Å².